The predicted molar refractivity (Wildman–Crippen MR) is 93.6 cm³/mol. The van der Waals surface area contributed by atoms with Gasteiger partial charge in [0.2, 0.25) is 0 Å². The SMILES string of the molecule is Oc1ccc(-c2cc(Cl)c(-c3ccc(O)c(Cl)c3)s2)cc1Cl. The van der Waals surface area contributed by atoms with Crippen LogP contribution < -0.4 is 0 Å². The summed E-state index contributed by atoms with van der Waals surface area (Å²) in [6.07, 6.45) is 0. The molecule has 0 bridgehead atoms. The molecule has 0 saturated heterocycles. The highest BCUT2D eigenvalue weighted by Gasteiger charge is 2.13. The minimum atomic E-state index is 0.0311. The molecule has 3 rings (SSSR count). The van der Waals surface area contributed by atoms with Gasteiger partial charge in [-0.15, -0.1) is 11.3 Å². The molecule has 22 heavy (non-hydrogen) atoms. The van der Waals surface area contributed by atoms with E-state index in [0.717, 1.165) is 20.9 Å². The van der Waals surface area contributed by atoms with Crippen LogP contribution in [0.5, 0.6) is 11.5 Å². The number of benzene rings is 2. The van der Waals surface area contributed by atoms with E-state index >= 15 is 0 Å². The molecule has 0 radical (unpaired) electrons. The third-order valence-corrected chi connectivity index (χ3v) is 5.38. The Labute approximate surface area is 146 Å². The molecule has 2 aromatic carbocycles. The molecule has 0 aliphatic rings. The molecule has 0 aliphatic carbocycles. The largest absolute Gasteiger partial charge is 0.506 e. The van der Waals surface area contributed by atoms with Crippen molar-refractivity contribution in [3.8, 4) is 32.4 Å². The molecule has 1 aromatic heterocycles. The van der Waals surface area contributed by atoms with Crippen molar-refractivity contribution in [2.75, 3.05) is 0 Å². The fraction of sp³-hybridized carbons (Fsp3) is 0. The average molecular weight is 372 g/mol. The highest BCUT2D eigenvalue weighted by atomic mass is 35.5. The topological polar surface area (TPSA) is 40.5 Å². The molecule has 0 atom stereocenters. The number of phenols is 2. The maximum Gasteiger partial charge on any atom is 0.134 e. The fourth-order valence-corrected chi connectivity index (χ4v) is 3.82. The highest BCUT2D eigenvalue weighted by molar-refractivity contribution is 7.19. The summed E-state index contributed by atoms with van der Waals surface area (Å²) in [4.78, 5) is 1.77. The first-order chi connectivity index (χ1) is 10.5. The van der Waals surface area contributed by atoms with Crippen LogP contribution in [0.1, 0.15) is 0 Å². The van der Waals surface area contributed by atoms with Crippen molar-refractivity contribution in [2.45, 2.75) is 0 Å². The van der Waals surface area contributed by atoms with Crippen molar-refractivity contribution in [1.82, 2.24) is 0 Å². The summed E-state index contributed by atoms with van der Waals surface area (Å²) < 4.78 is 0. The quantitative estimate of drug-likeness (QED) is 0.543. The average Bonchev–Trinajstić information content (AvgIpc) is 2.87. The van der Waals surface area contributed by atoms with Crippen LogP contribution in [0.4, 0.5) is 0 Å². The fourth-order valence-electron chi connectivity index (χ4n) is 2.02. The second-order valence-corrected chi connectivity index (χ2v) is 6.89. The Morgan fingerprint density at radius 3 is 1.82 bits per heavy atom. The summed E-state index contributed by atoms with van der Waals surface area (Å²) in [7, 11) is 0. The summed E-state index contributed by atoms with van der Waals surface area (Å²) >= 11 is 19.7. The summed E-state index contributed by atoms with van der Waals surface area (Å²) in [5, 5.41) is 20.1. The molecular weight excluding hydrogens is 363 g/mol. The number of thiophene rings is 1. The molecule has 2 nitrogen and oxygen atoms in total. The zero-order valence-electron chi connectivity index (χ0n) is 11.0. The van der Waals surface area contributed by atoms with E-state index < -0.39 is 0 Å². The monoisotopic (exact) mass is 370 g/mol. The van der Waals surface area contributed by atoms with E-state index in [9.17, 15) is 10.2 Å². The molecule has 0 spiro atoms. The first kappa shape index (κ1) is 15.5. The minimum absolute atomic E-state index is 0.0311. The second-order valence-electron chi connectivity index (χ2n) is 4.62. The predicted octanol–water partition coefficient (Wildman–Crippen LogP) is 6.45. The third-order valence-electron chi connectivity index (χ3n) is 3.13. The van der Waals surface area contributed by atoms with Gasteiger partial charge in [-0.05, 0) is 53.6 Å². The van der Waals surface area contributed by atoms with Gasteiger partial charge >= 0.3 is 0 Å². The third kappa shape index (κ3) is 2.90. The summed E-state index contributed by atoms with van der Waals surface area (Å²) in [6.45, 7) is 0. The molecule has 3 aromatic rings. The molecule has 1 heterocycles. The maximum atomic E-state index is 9.50. The van der Waals surface area contributed by atoms with Crippen molar-refractivity contribution in [3.05, 3.63) is 57.5 Å². The van der Waals surface area contributed by atoms with Crippen LogP contribution in [0.3, 0.4) is 0 Å². The van der Waals surface area contributed by atoms with Gasteiger partial charge in [-0.3, -0.25) is 0 Å². The molecule has 0 saturated carbocycles. The molecular formula is C16H9Cl3O2S. The summed E-state index contributed by atoms with van der Waals surface area (Å²) in [5.41, 5.74) is 1.69. The minimum Gasteiger partial charge on any atom is -0.506 e. The van der Waals surface area contributed by atoms with Gasteiger partial charge in [0.05, 0.1) is 19.9 Å². The van der Waals surface area contributed by atoms with E-state index in [-0.39, 0.29) is 21.5 Å². The Kier molecular flexibility index (Phi) is 4.24. The molecule has 112 valence electrons. The van der Waals surface area contributed by atoms with E-state index in [1.54, 1.807) is 30.3 Å². The number of aromatic hydroxyl groups is 2. The lowest BCUT2D eigenvalue weighted by atomic mass is 10.1. The normalized spacial score (nSPS) is 10.9. The smallest absolute Gasteiger partial charge is 0.134 e. The van der Waals surface area contributed by atoms with E-state index in [4.69, 9.17) is 34.8 Å². The summed E-state index contributed by atoms with van der Waals surface area (Å²) in [6, 6.07) is 11.8. The Balaban J connectivity index is 2.06. The Morgan fingerprint density at radius 2 is 1.23 bits per heavy atom. The molecule has 2 N–H and O–H groups in total. The van der Waals surface area contributed by atoms with Gasteiger partial charge in [0.25, 0.3) is 0 Å². The standard InChI is InChI=1S/C16H9Cl3O2S/c17-10-5-8(1-3-13(10)20)15-7-12(19)16(22-15)9-2-4-14(21)11(18)6-9/h1-7,20-21H. The van der Waals surface area contributed by atoms with Crippen molar-refractivity contribution in [3.63, 3.8) is 0 Å². The van der Waals surface area contributed by atoms with Gasteiger partial charge in [0.15, 0.2) is 0 Å². The number of hydrogen-bond acceptors (Lipinski definition) is 3. The van der Waals surface area contributed by atoms with Crippen molar-refractivity contribution in [1.29, 1.82) is 0 Å². The van der Waals surface area contributed by atoms with Crippen molar-refractivity contribution in [2.24, 2.45) is 0 Å². The number of halogens is 3. The molecule has 0 amide bonds. The lowest BCUT2D eigenvalue weighted by molar-refractivity contribution is 0.475. The Bertz CT molecular complexity index is 859. The molecule has 6 heteroatoms. The van der Waals surface area contributed by atoms with Crippen LogP contribution in [-0.2, 0) is 0 Å². The Hall–Kier alpha value is -1.39. The van der Waals surface area contributed by atoms with Gasteiger partial charge in [0, 0.05) is 4.88 Å². The second kappa shape index (κ2) is 6.01. The molecule has 0 fully saturated rings. The first-order valence-corrected chi connectivity index (χ1v) is 8.18. The first-order valence-electron chi connectivity index (χ1n) is 6.23. The number of phenolic OH excluding ortho intramolecular Hbond substituents is 2. The zero-order valence-corrected chi connectivity index (χ0v) is 14.1. The molecule has 0 unspecified atom stereocenters. The van der Waals surface area contributed by atoms with Crippen LogP contribution in [0.15, 0.2) is 42.5 Å². The van der Waals surface area contributed by atoms with E-state index in [1.165, 1.54) is 17.4 Å². The van der Waals surface area contributed by atoms with Crippen LogP contribution in [0, 0.1) is 0 Å². The molecule has 0 aliphatic heterocycles. The highest BCUT2D eigenvalue weighted by Crippen LogP contribution is 2.43. The van der Waals surface area contributed by atoms with Gasteiger partial charge in [-0.2, -0.15) is 0 Å². The van der Waals surface area contributed by atoms with Gasteiger partial charge in [-0.1, -0.05) is 34.8 Å². The Morgan fingerprint density at radius 1 is 0.682 bits per heavy atom. The van der Waals surface area contributed by atoms with Crippen LogP contribution in [0.2, 0.25) is 15.1 Å². The maximum absolute atomic E-state index is 9.50. The number of rotatable bonds is 2. The van der Waals surface area contributed by atoms with Crippen molar-refractivity contribution >= 4 is 46.1 Å². The zero-order chi connectivity index (χ0) is 15.9. The van der Waals surface area contributed by atoms with E-state index in [1.807, 2.05) is 6.07 Å². The lowest BCUT2D eigenvalue weighted by Crippen LogP contribution is -1.74. The van der Waals surface area contributed by atoms with Gasteiger partial charge in [-0.25, -0.2) is 0 Å². The van der Waals surface area contributed by atoms with E-state index in [2.05, 4.69) is 0 Å². The number of hydrogen-bond donors (Lipinski definition) is 2. The van der Waals surface area contributed by atoms with Gasteiger partial charge < -0.3 is 10.2 Å². The van der Waals surface area contributed by atoms with Crippen LogP contribution in [-0.4, -0.2) is 10.2 Å². The van der Waals surface area contributed by atoms with Crippen molar-refractivity contribution < 1.29 is 10.2 Å². The lowest BCUT2D eigenvalue weighted by Gasteiger charge is -2.02. The van der Waals surface area contributed by atoms with Crippen LogP contribution >= 0.6 is 46.1 Å². The van der Waals surface area contributed by atoms with E-state index in [0.29, 0.717) is 5.02 Å². The van der Waals surface area contributed by atoms with Gasteiger partial charge in [0.1, 0.15) is 11.5 Å². The summed E-state index contributed by atoms with van der Waals surface area (Å²) in [5.74, 6) is 0.0715. The van der Waals surface area contributed by atoms with Crippen LogP contribution in [0.25, 0.3) is 20.9 Å².